The van der Waals surface area contributed by atoms with Crippen molar-refractivity contribution in [3.63, 3.8) is 0 Å². The summed E-state index contributed by atoms with van der Waals surface area (Å²) in [6.07, 6.45) is 0.473. The van der Waals surface area contributed by atoms with Gasteiger partial charge in [0.25, 0.3) is 0 Å². The number of carbonyl (C=O) groups is 1. The number of ether oxygens (including phenoxy) is 1. The Balaban J connectivity index is 3.04. The van der Waals surface area contributed by atoms with Crippen molar-refractivity contribution in [2.45, 2.75) is 6.92 Å². The molecule has 0 saturated heterocycles. The summed E-state index contributed by atoms with van der Waals surface area (Å²) in [5, 5.41) is 2.50. The molecule has 0 spiro atoms. The monoisotopic (exact) mass is 272 g/mol. The standard InChI is InChI=1S/C11H16N2O4S/c1-4-17-11(14)12-9-7-5-6-8-10(9)13(2)18(3,15)16/h5-8H,4H2,1-3H3,(H,12,14). The second kappa shape index (κ2) is 5.72. The van der Waals surface area contributed by atoms with E-state index in [9.17, 15) is 13.2 Å². The van der Waals surface area contributed by atoms with Crippen molar-refractivity contribution in [3.8, 4) is 0 Å². The van der Waals surface area contributed by atoms with Crippen molar-refractivity contribution in [2.24, 2.45) is 0 Å². The fourth-order valence-electron chi connectivity index (χ4n) is 1.31. The van der Waals surface area contributed by atoms with Crippen LogP contribution in [-0.2, 0) is 14.8 Å². The molecular formula is C11H16N2O4S. The highest BCUT2D eigenvalue weighted by Gasteiger charge is 2.16. The highest BCUT2D eigenvalue weighted by molar-refractivity contribution is 7.92. The molecule has 18 heavy (non-hydrogen) atoms. The number of carbonyl (C=O) groups excluding carboxylic acids is 1. The summed E-state index contributed by atoms with van der Waals surface area (Å²) in [4.78, 5) is 11.3. The third-order valence-electron chi connectivity index (χ3n) is 2.25. The predicted molar refractivity (Wildman–Crippen MR) is 70.3 cm³/mol. The van der Waals surface area contributed by atoms with Crippen LogP contribution in [0.25, 0.3) is 0 Å². The first kappa shape index (κ1) is 14.3. The van der Waals surface area contributed by atoms with Gasteiger partial charge in [0.15, 0.2) is 0 Å². The highest BCUT2D eigenvalue weighted by Crippen LogP contribution is 2.26. The second-order valence-corrected chi connectivity index (χ2v) is 5.61. The number of nitrogens with one attached hydrogen (secondary N) is 1. The van der Waals surface area contributed by atoms with E-state index in [0.29, 0.717) is 11.4 Å². The molecule has 0 aromatic heterocycles. The van der Waals surface area contributed by atoms with E-state index >= 15 is 0 Å². The molecule has 1 rings (SSSR count). The first-order chi connectivity index (χ1) is 8.36. The van der Waals surface area contributed by atoms with Crippen LogP contribution in [0.5, 0.6) is 0 Å². The Labute approximate surface area is 107 Å². The molecule has 0 aliphatic rings. The molecule has 0 atom stereocenters. The van der Waals surface area contributed by atoms with Crippen LogP contribution in [0.4, 0.5) is 16.2 Å². The van der Waals surface area contributed by atoms with Crippen molar-refractivity contribution in [1.82, 2.24) is 0 Å². The maximum atomic E-state index is 11.5. The van der Waals surface area contributed by atoms with E-state index in [1.807, 2.05) is 0 Å². The van der Waals surface area contributed by atoms with Crippen molar-refractivity contribution < 1.29 is 17.9 Å². The van der Waals surface area contributed by atoms with Gasteiger partial charge in [-0.25, -0.2) is 13.2 Å². The number of nitrogens with zero attached hydrogens (tertiary/aromatic N) is 1. The van der Waals surface area contributed by atoms with Crippen LogP contribution in [0, 0.1) is 0 Å². The predicted octanol–water partition coefficient (Wildman–Crippen LogP) is 1.65. The van der Waals surface area contributed by atoms with Gasteiger partial charge in [-0.2, -0.15) is 0 Å². The van der Waals surface area contributed by atoms with E-state index in [1.165, 1.54) is 7.05 Å². The summed E-state index contributed by atoms with van der Waals surface area (Å²) >= 11 is 0. The molecule has 1 N–H and O–H groups in total. The molecule has 1 aromatic rings. The number of sulfonamides is 1. The zero-order chi connectivity index (χ0) is 13.8. The lowest BCUT2D eigenvalue weighted by molar-refractivity contribution is 0.168. The number of amides is 1. The van der Waals surface area contributed by atoms with Gasteiger partial charge in [-0.3, -0.25) is 9.62 Å². The molecule has 0 aliphatic heterocycles. The molecule has 6 nitrogen and oxygen atoms in total. The summed E-state index contributed by atoms with van der Waals surface area (Å²) in [5.74, 6) is 0. The second-order valence-electron chi connectivity index (χ2n) is 3.59. The third-order valence-corrected chi connectivity index (χ3v) is 3.44. The molecule has 100 valence electrons. The van der Waals surface area contributed by atoms with Crippen LogP contribution < -0.4 is 9.62 Å². The van der Waals surface area contributed by atoms with E-state index in [-0.39, 0.29) is 6.61 Å². The molecular weight excluding hydrogens is 256 g/mol. The van der Waals surface area contributed by atoms with Crippen molar-refractivity contribution >= 4 is 27.5 Å². The third kappa shape index (κ3) is 3.63. The number of hydrogen-bond acceptors (Lipinski definition) is 4. The quantitative estimate of drug-likeness (QED) is 0.904. The lowest BCUT2D eigenvalue weighted by Crippen LogP contribution is -2.26. The maximum absolute atomic E-state index is 11.5. The fraction of sp³-hybridized carbons (Fsp3) is 0.364. The molecule has 0 heterocycles. The Hall–Kier alpha value is -1.76. The van der Waals surface area contributed by atoms with E-state index in [2.05, 4.69) is 5.32 Å². The molecule has 7 heteroatoms. The minimum Gasteiger partial charge on any atom is -0.450 e. The van der Waals surface area contributed by atoms with Crippen molar-refractivity contribution in [2.75, 3.05) is 29.5 Å². The maximum Gasteiger partial charge on any atom is 0.411 e. The van der Waals surface area contributed by atoms with Gasteiger partial charge < -0.3 is 4.74 Å². The summed E-state index contributed by atoms with van der Waals surface area (Å²) in [7, 11) is -1.97. The zero-order valence-electron chi connectivity index (χ0n) is 10.5. The highest BCUT2D eigenvalue weighted by atomic mass is 32.2. The minimum atomic E-state index is -3.39. The fourth-order valence-corrected chi connectivity index (χ4v) is 1.83. The van der Waals surface area contributed by atoms with Gasteiger partial charge in [0, 0.05) is 7.05 Å². The average molecular weight is 272 g/mol. The molecule has 0 aliphatic carbocycles. The zero-order valence-corrected chi connectivity index (χ0v) is 11.3. The van der Waals surface area contributed by atoms with Gasteiger partial charge >= 0.3 is 6.09 Å². The summed E-state index contributed by atoms with van der Waals surface area (Å²) in [6, 6.07) is 6.59. The van der Waals surface area contributed by atoms with Crippen molar-refractivity contribution in [1.29, 1.82) is 0 Å². The largest absolute Gasteiger partial charge is 0.450 e. The lowest BCUT2D eigenvalue weighted by Gasteiger charge is -2.20. The van der Waals surface area contributed by atoms with Crippen molar-refractivity contribution in [3.05, 3.63) is 24.3 Å². The first-order valence-electron chi connectivity index (χ1n) is 5.33. The SMILES string of the molecule is CCOC(=O)Nc1ccccc1N(C)S(C)(=O)=O. The summed E-state index contributed by atoms with van der Waals surface area (Å²) in [6.45, 7) is 1.93. The summed E-state index contributed by atoms with van der Waals surface area (Å²) in [5.41, 5.74) is 0.761. The molecule has 0 fully saturated rings. The molecule has 0 bridgehead atoms. The summed E-state index contributed by atoms with van der Waals surface area (Å²) < 4.78 is 28.8. The Morgan fingerprint density at radius 3 is 2.56 bits per heavy atom. The normalized spacial score (nSPS) is 10.8. The number of hydrogen-bond donors (Lipinski definition) is 1. The molecule has 0 radical (unpaired) electrons. The number of rotatable bonds is 4. The van der Waals surface area contributed by atoms with E-state index in [0.717, 1.165) is 10.6 Å². The van der Waals surface area contributed by atoms with Crippen LogP contribution in [-0.4, -0.2) is 34.4 Å². The minimum absolute atomic E-state index is 0.246. The molecule has 1 amide bonds. The average Bonchev–Trinajstić information content (AvgIpc) is 2.28. The van der Waals surface area contributed by atoms with Gasteiger partial charge in [-0.15, -0.1) is 0 Å². The Morgan fingerprint density at radius 2 is 2.00 bits per heavy atom. The van der Waals surface area contributed by atoms with Gasteiger partial charge in [-0.05, 0) is 19.1 Å². The molecule has 0 unspecified atom stereocenters. The molecule has 0 saturated carbocycles. The van der Waals surface area contributed by atoms with Crippen LogP contribution in [0.2, 0.25) is 0 Å². The Kier molecular flexibility index (Phi) is 4.55. The Bertz CT molecular complexity index is 528. The van der Waals surface area contributed by atoms with Gasteiger partial charge in [0.1, 0.15) is 0 Å². The van der Waals surface area contributed by atoms with E-state index in [1.54, 1.807) is 31.2 Å². The van der Waals surface area contributed by atoms with E-state index < -0.39 is 16.1 Å². The van der Waals surface area contributed by atoms with Gasteiger partial charge in [0.05, 0.1) is 24.2 Å². The topological polar surface area (TPSA) is 75.7 Å². The van der Waals surface area contributed by atoms with Gasteiger partial charge in [0.2, 0.25) is 10.0 Å². The number of anilines is 2. The first-order valence-corrected chi connectivity index (χ1v) is 7.17. The number of benzene rings is 1. The van der Waals surface area contributed by atoms with Crippen LogP contribution in [0.15, 0.2) is 24.3 Å². The van der Waals surface area contributed by atoms with Crippen LogP contribution >= 0.6 is 0 Å². The van der Waals surface area contributed by atoms with E-state index in [4.69, 9.17) is 4.74 Å². The van der Waals surface area contributed by atoms with Gasteiger partial charge in [-0.1, -0.05) is 12.1 Å². The van der Waals surface area contributed by atoms with Crippen LogP contribution in [0.3, 0.4) is 0 Å². The lowest BCUT2D eigenvalue weighted by atomic mass is 10.2. The molecule has 1 aromatic carbocycles. The Morgan fingerprint density at radius 1 is 1.39 bits per heavy atom. The van der Waals surface area contributed by atoms with Crippen LogP contribution in [0.1, 0.15) is 6.92 Å². The smallest absolute Gasteiger partial charge is 0.411 e. The number of para-hydroxylation sites is 2.